The topological polar surface area (TPSA) is 104 Å². The third kappa shape index (κ3) is 6.99. The zero-order valence-electron chi connectivity index (χ0n) is 15.7. The van der Waals surface area contributed by atoms with Crippen molar-refractivity contribution in [1.82, 2.24) is 4.98 Å². The fourth-order valence-corrected chi connectivity index (χ4v) is 3.01. The lowest BCUT2D eigenvalue weighted by Gasteiger charge is -2.07. The maximum atomic E-state index is 11.9. The van der Waals surface area contributed by atoms with Crippen LogP contribution in [0.5, 0.6) is 0 Å². The van der Waals surface area contributed by atoms with Gasteiger partial charge in [0.1, 0.15) is 6.61 Å². The molecule has 1 amide bonds. The number of nitrogens with zero attached hydrogens (tertiary/aromatic N) is 1. The second-order valence-electron chi connectivity index (χ2n) is 5.56. The number of amides is 1. The molecule has 0 aliphatic heterocycles. The summed E-state index contributed by atoms with van der Waals surface area (Å²) < 4.78 is 15.0. The van der Waals surface area contributed by atoms with Gasteiger partial charge < -0.3 is 14.2 Å². The minimum absolute atomic E-state index is 0.000168. The number of ether oxygens (including phenoxy) is 3. The highest BCUT2D eigenvalue weighted by Gasteiger charge is 2.11. The normalized spacial score (nSPS) is 10.2. The van der Waals surface area contributed by atoms with Crippen LogP contribution in [0.1, 0.15) is 41.1 Å². The second kappa shape index (κ2) is 11.0. The molecule has 1 N–H and O–H groups in total. The predicted octanol–water partition coefficient (Wildman–Crippen LogP) is 3.56. The van der Waals surface area contributed by atoms with Gasteiger partial charge in [0.2, 0.25) is 0 Å². The highest BCUT2D eigenvalue weighted by Crippen LogP contribution is 2.20. The van der Waals surface area contributed by atoms with Crippen LogP contribution < -0.4 is 5.32 Å². The third-order valence-electron chi connectivity index (χ3n) is 3.45. The van der Waals surface area contributed by atoms with Crippen LogP contribution in [-0.2, 0) is 32.0 Å². The predicted molar refractivity (Wildman–Crippen MR) is 103 cm³/mol. The van der Waals surface area contributed by atoms with Crippen molar-refractivity contribution in [2.24, 2.45) is 0 Å². The summed E-state index contributed by atoms with van der Waals surface area (Å²) in [6, 6.07) is 6.68. The molecule has 28 heavy (non-hydrogen) atoms. The van der Waals surface area contributed by atoms with Gasteiger partial charge in [-0.2, -0.15) is 0 Å². The monoisotopic (exact) mass is 406 g/mol. The van der Waals surface area contributed by atoms with Crippen LogP contribution in [0.3, 0.4) is 0 Å². The number of carbonyl (C=O) groups excluding carboxylic acids is 3. The summed E-state index contributed by atoms with van der Waals surface area (Å²) in [7, 11) is 0. The summed E-state index contributed by atoms with van der Waals surface area (Å²) in [6.45, 7) is 4.13. The Hall–Kier alpha value is -2.94. The van der Waals surface area contributed by atoms with Crippen molar-refractivity contribution in [2.75, 3.05) is 18.5 Å². The quantitative estimate of drug-likeness (QED) is 0.501. The molecule has 2 aromatic rings. The second-order valence-corrected chi connectivity index (χ2v) is 6.67. The molecular weight excluding hydrogens is 384 g/mol. The van der Waals surface area contributed by atoms with Gasteiger partial charge in [-0.15, -0.1) is 11.3 Å². The zero-order chi connectivity index (χ0) is 20.4. The molecule has 1 aromatic carbocycles. The van der Waals surface area contributed by atoms with Crippen molar-refractivity contribution < 1.29 is 28.6 Å². The molecule has 0 saturated carbocycles. The van der Waals surface area contributed by atoms with E-state index in [4.69, 9.17) is 14.2 Å². The van der Waals surface area contributed by atoms with Crippen LogP contribution in [0.25, 0.3) is 0 Å². The van der Waals surface area contributed by atoms with Gasteiger partial charge in [-0.1, -0.05) is 12.1 Å². The number of carbonyl (C=O) groups is 3. The largest absolute Gasteiger partial charge is 0.466 e. The Labute approximate surface area is 166 Å². The Kier molecular flexibility index (Phi) is 8.41. The van der Waals surface area contributed by atoms with E-state index in [1.165, 1.54) is 11.3 Å². The number of benzene rings is 1. The van der Waals surface area contributed by atoms with Crippen LogP contribution in [-0.4, -0.2) is 36.2 Å². The van der Waals surface area contributed by atoms with Gasteiger partial charge in [0.15, 0.2) is 5.13 Å². The minimum Gasteiger partial charge on any atom is -0.466 e. The van der Waals surface area contributed by atoms with E-state index in [0.717, 1.165) is 4.88 Å². The molecule has 0 fully saturated rings. The molecular formula is C19H22N2O6S. The molecule has 0 unspecified atom stereocenters. The third-order valence-corrected chi connectivity index (χ3v) is 4.42. The van der Waals surface area contributed by atoms with Crippen molar-refractivity contribution in [3.63, 3.8) is 0 Å². The number of thiazole rings is 1. The highest BCUT2D eigenvalue weighted by atomic mass is 32.1. The lowest BCUT2D eigenvalue weighted by molar-refractivity contribution is -0.143. The molecule has 0 aliphatic carbocycles. The number of esters is 2. The first kappa shape index (κ1) is 21.4. The average molecular weight is 406 g/mol. The van der Waals surface area contributed by atoms with Crippen molar-refractivity contribution in [2.45, 2.75) is 33.3 Å². The average Bonchev–Trinajstić information content (AvgIpc) is 3.13. The van der Waals surface area contributed by atoms with Crippen LogP contribution in [0.2, 0.25) is 0 Å². The van der Waals surface area contributed by atoms with E-state index in [0.29, 0.717) is 29.3 Å². The number of nitrogens with one attached hydrogen (secondary N) is 1. The van der Waals surface area contributed by atoms with Gasteiger partial charge in [0.05, 0.1) is 25.2 Å². The molecule has 0 bridgehead atoms. The Morgan fingerprint density at radius 3 is 2.64 bits per heavy atom. The molecule has 8 nitrogen and oxygen atoms in total. The maximum Gasteiger partial charge on any atom is 0.413 e. The highest BCUT2D eigenvalue weighted by molar-refractivity contribution is 7.15. The van der Waals surface area contributed by atoms with Gasteiger partial charge in [-0.05, 0) is 38.0 Å². The molecule has 150 valence electrons. The van der Waals surface area contributed by atoms with E-state index < -0.39 is 12.1 Å². The van der Waals surface area contributed by atoms with Crippen LogP contribution >= 0.6 is 11.3 Å². The van der Waals surface area contributed by atoms with Gasteiger partial charge in [0.25, 0.3) is 0 Å². The summed E-state index contributed by atoms with van der Waals surface area (Å²) in [6.07, 6.45) is 1.69. The summed E-state index contributed by atoms with van der Waals surface area (Å²) in [5.41, 5.74) is 1.06. The van der Waals surface area contributed by atoms with Gasteiger partial charge in [0, 0.05) is 11.1 Å². The summed E-state index contributed by atoms with van der Waals surface area (Å²) in [5.74, 6) is -0.693. The molecule has 9 heteroatoms. The van der Waals surface area contributed by atoms with Gasteiger partial charge in [-0.3, -0.25) is 10.1 Å². The number of aryl methyl sites for hydroxylation is 1. The molecule has 0 aliphatic rings. The number of hydrogen-bond donors (Lipinski definition) is 1. The molecule has 1 heterocycles. The van der Waals surface area contributed by atoms with Crippen LogP contribution in [0.4, 0.5) is 9.93 Å². The fourth-order valence-electron chi connectivity index (χ4n) is 2.21. The van der Waals surface area contributed by atoms with Gasteiger partial charge >= 0.3 is 18.0 Å². The van der Waals surface area contributed by atoms with E-state index in [-0.39, 0.29) is 25.6 Å². The summed E-state index contributed by atoms with van der Waals surface area (Å²) >= 11 is 1.26. The lowest BCUT2D eigenvalue weighted by Crippen LogP contribution is -2.13. The van der Waals surface area contributed by atoms with Crippen molar-refractivity contribution >= 4 is 34.5 Å². The lowest BCUT2D eigenvalue weighted by atomic mass is 10.1. The Morgan fingerprint density at radius 1 is 1.11 bits per heavy atom. The Morgan fingerprint density at radius 2 is 1.89 bits per heavy atom. The first-order valence-electron chi connectivity index (χ1n) is 8.82. The van der Waals surface area contributed by atoms with E-state index in [1.807, 2.05) is 0 Å². The maximum absolute atomic E-state index is 11.9. The number of hydrogen-bond acceptors (Lipinski definition) is 8. The summed E-state index contributed by atoms with van der Waals surface area (Å²) in [5, 5.41) is 2.92. The van der Waals surface area contributed by atoms with E-state index in [9.17, 15) is 14.4 Å². The molecule has 2 rings (SSSR count). The SMILES string of the molecule is CCOC(=O)CCc1cnc(NC(=O)OCc2cccc(C(=O)OCC)c2)s1. The standard InChI is InChI=1S/C19H22N2O6S/c1-3-25-16(22)9-8-15-11-20-18(28-15)21-19(24)27-12-13-6-5-7-14(10-13)17(23)26-4-2/h5-7,10-11H,3-4,8-9,12H2,1-2H3,(H,20,21,24). The van der Waals surface area contributed by atoms with Crippen molar-refractivity contribution in [3.8, 4) is 0 Å². The van der Waals surface area contributed by atoms with Crippen molar-refractivity contribution in [1.29, 1.82) is 0 Å². The number of anilines is 1. The van der Waals surface area contributed by atoms with E-state index >= 15 is 0 Å². The van der Waals surface area contributed by atoms with E-state index in [2.05, 4.69) is 10.3 Å². The molecule has 1 aromatic heterocycles. The first-order valence-corrected chi connectivity index (χ1v) is 9.63. The zero-order valence-corrected chi connectivity index (χ0v) is 16.5. The number of aromatic nitrogens is 1. The minimum atomic E-state index is -0.659. The Balaban J connectivity index is 1.81. The fraction of sp³-hybridized carbons (Fsp3) is 0.368. The molecule has 0 atom stereocenters. The Bertz CT molecular complexity index is 820. The number of rotatable bonds is 9. The molecule has 0 saturated heterocycles. The van der Waals surface area contributed by atoms with Crippen LogP contribution in [0.15, 0.2) is 30.5 Å². The van der Waals surface area contributed by atoms with Crippen LogP contribution in [0, 0.1) is 0 Å². The van der Waals surface area contributed by atoms with E-state index in [1.54, 1.807) is 44.3 Å². The van der Waals surface area contributed by atoms with Crippen molar-refractivity contribution in [3.05, 3.63) is 46.5 Å². The van der Waals surface area contributed by atoms with Gasteiger partial charge in [-0.25, -0.2) is 14.6 Å². The smallest absolute Gasteiger partial charge is 0.413 e. The summed E-state index contributed by atoms with van der Waals surface area (Å²) in [4.78, 5) is 40.0. The molecule has 0 radical (unpaired) electrons. The first-order chi connectivity index (χ1) is 13.5. The molecule has 0 spiro atoms.